The minimum absolute atomic E-state index is 0.0276. The fourth-order valence-corrected chi connectivity index (χ4v) is 5.00. The van der Waals surface area contributed by atoms with Crippen molar-refractivity contribution in [3.05, 3.63) is 53.4 Å². The van der Waals surface area contributed by atoms with Gasteiger partial charge in [-0.15, -0.1) is 0 Å². The molecule has 6 heteroatoms. The first-order chi connectivity index (χ1) is 14.0. The zero-order chi connectivity index (χ0) is 20.6. The van der Waals surface area contributed by atoms with Crippen molar-refractivity contribution in [3.8, 4) is 0 Å². The molecule has 2 aliphatic heterocycles. The van der Waals surface area contributed by atoms with Gasteiger partial charge in [-0.05, 0) is 38.2 Å². The Morgan fingerprint density at radius 2 is 2.03 bits per heavy atom. The summed E-state index contributed by atoms with van der Waals surface area (Å²) >= 11 is 0. The Balaban J connectivity index is 1.66. The third-order valence-electron chi connectivity index (χ3n) is 6.34. The van der Waals surface area contributed by atoms with E-state index < -0.39 is 5.41 Å². The van der Waals surface area contributed by atoms with Crippen LogP contribution in [0.25, 0.3) is 0 Å². The number of benzene rings is 1. The van der Waals surface area contributed by atoms with E-state index in [1.165, 1.54) is 0 Å². The number of esters is 1. The van der Waals surface area contributed by atoms with Gasteiger partial charge in [-0.25, -0.2) is 0 Å². The molecule has 0 N–H and O–H groups in total. The Morgan fingerprint density at radius 3 is 2.69 bits per heavy atom. The van der Waals surface area contributed by atoms with Gasteiger partial charge in [-0.2, -0.15) is 0 Å². The van der Waals surface area contributed by atoms with E-state index in [1.54, 1.807) is 6.07 Å². The second-order valence-electron chi connectivity index (χ2n) is 8.47. The molecule has 29 heavy (non-hydrogen) atoms. The van der Waals surface area contributed by atoms with Gasteiger partial charge < -0.3 is 14.2 Å². The number of carbonyl (C=O) groups is 2. The number of ether oxygens (including phenoxy) is 1. The molecule has 1 aromatic heterocycles. The van der Waals surface area contributed by atoms with Gasteiger partial charge in [0, 0.05) is 24.1 Å². The summed E-state index contributed by atoms with van der Waals surface area (Å²) in [5, 5.41) is 4.01. The molecule has 154 valence electrons. The van der Waals surface area contributed by atoms with Gasteiger partial charge in [0.05, 0.1) is 12.0 Å². The average Bonchev–Trinajstić information content (AvgIpc) is 3.42. The summed E-state index contributed by atoms with van der Waals surface area (Å²) in [6.45, 7) is 6.16. The summed E-state index contributed by atoms with van der Waals surface area (Å²) in [5.74, 6) is 0.515. The summed E-state index contributed by atoms with van der Waals surface area (Å²) < 4.78 is 10.9. The van der Waals surface area contributed by atoms with Gasteiger partial charge >= 0.3 is 5.97 Å². The fourth-order valence-electron chi connectivity index (χ4n) is 5.00. The van der Waals surface area contributed by atoms with Crippen LogP contribution in [0, 0.1) is 5.41 Å². The number of amides is 1. The van der Waals surface area contributed by atoms with Gasteiger partial charge in [-0.1, -0.05) is 49.3 Å². The Kier molecular flexibility index (Phi) is 5.19. The van der Waals surface area contributed by atoms with Crippen LogP contribution in [0.3, 0.4) is 0 Å². The SMILES string of the molecule is CCOC(=O)[C@@]1(Cc2ccccc2)C[C@H]2CC[C@@H]1N2C(=O)c1cc(C(C)C)on1. The highest BCUT2D eigenvalue weighted by Gasteiger charge is 2.62. The summed E-state index contributed by atoms with van der Waals surface area (Å²) in [5.41, 5.74) is 0.703. The van der Waals surface area contributed by atoms with Crippen molar-refractivity contribution >= 4 is 11.9 Å². The molecule has 0 radical (unpaired) electrons. The molecule has 2 aromatic rings. The molecule has 1 aromatic carbocycles. The highest BCUT2D eigenvalue weighted by Crippen LogP contribution is 2.52. The smallest absolute Gasteiger partial charge is 0.314 e. The summed E-state index contributed by atoms with van der Waals surface area (Å²) in [6.07, 6.45) is 2.91. The van der Waals surface area contributed by atoms with Crippen LogP contribution in [0.15, 0.2) is 40.9 Å². The van der Waals surface area contributed by atoms with E-state index in [4.69, 9.17) is 9.26 Å². The molecule has 2 fully saturated rings. The largest absolute Gasteiger partial charge is 0.465 e. The zero-order valence-corrected chi connectivity index (χ0v) is 17.3. The van der Waals surface area contributed by atoms with Gasteiger partial charge in [0.25, 0.3) is 5.91 Å². The molecule has 6 nitrogen and oxygen atoms in total. The third-order valence-corrected chi connectivity index (χ3v) is 6.34. The lowest BCUT2D eigenvalue weighted by Gasteiger charge is -2.35. The number of nitrogens with zero attached hydrogens (tertiary/aromatic N) is 2. The highest BCUT2D eigenvalue weighted by molar-refractivity contribution is 5.94. The molecule has 3 heterocycles. The molecule has 2 bridgehead atoms. The quantitative estimate of drug-likeness (QED) is 0.691. The third kappa shape index (κ3) is 3.34. The van der Waals surface area contributed by atoms with Crippen LogP contribution in [-0.2, 0) is 16.0 Å². The molecule has 0 unspecified atom stereocenters. The molecule has 1 amide bonds. The number of fused-ring (bicyclic) bond motifs is 2. The van der Waals surface area contributed by atoms with Gasteiger partial charge in [-0.3, -0.25) is 9.59 Å². The first kappa shape index (κ1) is 19.7. The van der Waals surface area contributed by atoms with Crippen LogP contribution in [0.5, 0.6) is 0 Å². The minimum Gasteiger partial charge on any atom is -0.465 e. The first-order valence-corrected chi connectivity index (χ1v) is 10.5. The van der Waals surface area contributed by atoms with Crippen LogP contribution in [0.2, 0.25) is 0 Å². The Labute approximate surface area is 171 Å². The van der Waals surface area contributed by atoms with Crippen molar-refractivity contribution in [2.24, 2.45) is 5.41 Å². The Bertz CT molecular complexity index is 891. The van der Waals surface area contributed by atoms with Crippen molar-refractivity contribution < 1.29 is 18.8 Å². The highest BCUT2D eigenvalue weighted by atomic mass is 16.5. The van der Waals surface area contributed by atoms with Gasteiger partial charge in [0.1, 0.15) is 5.76 Å². The maximum Gasteiger partial charge on any atom is 0.314 e. The number of aromatic nitrogens is 1. The van der Waals surface area contributed by atoms with Crippen molar-refractivity contribution in [3.63, 3.8) is 0 Å². The minimum atomic E-state index is -0.708. The van der Waals surface area contributed by atoms with E-state index in [0.29, 0.717) is 30.9 Å². The Hall–Kier alpha value is -2.63. The average molecular weight is 396 g/mol. The van der Waals surface area contributed by atoms with Gasteiger partial charge in [0.2, 0.25) is 0 Å². The first-order valence-electron chi connectivity index (χ1n) is 10.5. The van der Waals surface area contributed by atoms with E-state index >= 15 is 0 Å². The van der Waals surface area contributed by atoms with E-state index in [1.807, 2.05) is 56.0 Å². The van der Waals surface area contributed by atoms with Crippen molar-refractivity contribution in [2.75, 3.05) is 6.61 Å². The number of rotatable bonds is 6. The van der Waals surface area contributed by atoms with E-state index in [9.17, 15) is 9.59 Å². The lowest BCUT2D eigenvalue weighted by Crippen LogP contribution is -2.47. The van der Waals surface area contributed by atoms with E-state index in [2.05, 4.69) is 5.16 Å². The maximum absolute atomic E-state index is 13.3. The predicted octanol–water partition coefficient (Wildman–Crippen LogP) is 3.97. The second kappa shape index (κ2) is 7.65. The number of carbonyl (C=O) groups excluding carboxylic acids is 2. The molecule has 0 saturated carbocycles. The van der Waals surface area contributed by atoms with Crippen molar-refractivity contribution in [1.82, 2.24) is 10.1 Å². The second-order valence-corrected chi connectivity index (χ2v) is 8.47. The standard InChI is InChI=1S/C23H28N2O4/c1-4-28-22(27)23(13-16-8-6-5-7-9-16)14-17-10-11-20(23)25(17)21(26)18-12-19(15(2)3)29-24-18/h5-9,12,15,17,20H,4,10-11,13-14H2,1-3H3/t17-,20+,23+/m1/s1. The summed E-state index contributed by atoms with van der Waals surface area (Å²) in [4.78, 5) is 28.4. The van der Waals surface area contributed by atoms with E-state index in [0.717, 1.165) is 18.4 Å². The van der Waals surface area contributed by atoms with Crippen molar-refractivity contribution in [2.45, 2.75) is 64.5 Å². The topological polar surface area (TPSA) is 72.6 Å². The molecule has 2 saturated heterocycles. The van der Waals surface area contributed by atoms with Crippen LogP contribution in [0.1, 0.15) is 67.8 Å². The normalized spacial score (nSPS) is 25.6. The lowest BCUT2D eigenvalue weighted by atomic mass is 9.70. The fraction of sp³-hybridized carbons (Fsp3) is 0.522. The molecule has 3 atom stereocenters. The summed E-state index contributed by atoms with van der Waals surface area (Å²) in [6, 6.07) is 11.6. The van der Waals surface area contributed by atoms with Gasteiger partial charge in [0.15, 0.2) is 5.69 Å². The number of hydrogen-bond acceptors (Lipinski definition) is 5. The van der Waals surface area contributed by atoms with Crippen LogP contribution in [0.4, 0.5) is 0 Å². The van der Waals surface area contributed by atoms with Crippen LogP contribution < -0.4 is 0 Å². The molecule has 4 rings (SSSR count). The monoisotopic (exact) mass is 396 g/mol. The van der Waals surface area contributed by atoms with Crippen molar-refractivity contribution in [1.29, 1.82) is 0 Å². The molecule has 0 aliphatic carbocycles. The maximum atomic E-state index is 13.3. The predicted molar refractivity (Wildman–Crippen MR) is 107 cm³/mol. The van der Waals surface area contributed by atoms with E-state index in [-0.39, 0.29) is 29.9 Å². The molecular formula is C23H28N2O4. The number of hydrogen-bond donors (Lipinski definition) is 0. The lowest BCUT2D eigenvalue weighted by molar-refractivity contribution is -0.157. The molecular weight excluding hydrogens is 368 g/mol. The van der Waals surface area contributed by atoms with Crippen LogP contribution >= 0.6 is 0 Å². The summed E-state index contributed by atoms with van der Waals surface area (Å²) in [7, 11) is 0. The zero-order valence-electron chi connectivity index (χ0n) is 17.3. The molecule has 2 aliphatic rings. The molecule has 0 spiro atoms. The Morgan fingerprint density at radius 1 is 1.28 bits per heavy atom. The van der Waals surface area contributed by atoms with Crippen LogP contribution in [-0.4, -0.2) is 40.6 Å².